The fraction of sp³-hybridized carbons (Fsp3) is 0.188. The van der Waals surface area contributed by atoms with Gasteiger partial charge in [-0.2, -0.15) is 5.26 Å². The highest BCUT2D eigenvalue weighted by Crippen LogP contribution is 2.25. The van der Waals surface area contributed by atoms with Crippen LogP contribution >= 0.6 is 0 Å². The van der Waals surface area contributed by atoms with Gasteiger partial charge >= 0.3 is 0 Å². The molecule has 1 unspecified atom stereocenters. The first-order chi connectivity index (χ1) is 10.2. The van der Waals surface area contributed by atoms with Gasteiger partial charge in [-0.25, -0.2) is 4.39 Å². The van der Waals surface area contributed by atoms with E-state index in [0.29, 0.717) is 11.3 Å². The molecule has 0 saturated heterocycles. The molecule has 0 spiro atoms. The minimum Gasteiger partial charge on any atom is -0.497 e. The molecule has 0 aliphatic rings. The molecule has 108 valence electrons. The van der Waals surface area contributed by atoms with Gasteiger partial charge in [0.05, 0.1) is 20.3 Å². The lowest BCUT2D eigenvalue weighted by Gasteiger charge is -2.14. The van der Waals surface area contributed by atoms with E-state index in [-0.39, 0.29) is 5.75 Å². The lowest BCUT2D eigenvalue weighted by Crippen LogP contribution is -2.09. The van der Waals surface area contributed by atoms with Crippen molar-refractivity contribution in [2.75, 3.05) is 19.5 Å². The molecule has 2 aromatic carbocycles. The zero-order valence-electron chi connectivity index (χ0n) is 11.8. The zero-order valence-corrected chi connectivity index (χ0v) is 11.8. The first-order valence-corrected chi connectivity index (χ1v) is 6.31. The van der Waals surface area contributed by atoms with Crippen molar-refractivity contribution >= 4 is 5.69 Å². The summed E-state index contributed by atoms with van der Waals surface area (Å²) in [7, 11) is 2.97. The second-order valence-corrected chi connectivity index (χ2v) is 4.33. The molecule has 1 N–H and O–H groups in total. The molecule has 0 amide bonds. The number of ether oxygens (including phenoxy) is 2. The van der Waals surface area contributed by atoms with Gasteiger partial charge in [-0.1, -0.05) is 12.1 Å². The maximum Gasteiger partial charge on any atom is 0.165 e. The molecule has 0 aromatic heterocycles. The summed E-state index contributed by atoms with van der Waals surface area (Å²) in [6, 6.07) is 13.1. The van der Waals surface area contributed by atoms with Crippen LogP contribution < -0.4 is 14.8 Å². The molecular weight excluding hydrogens is 271 g/mol. The zero-order chi connectivity index (χ0) is 15.2. The fourth-order valence-corrected chi connectivity index (χ4v) is 1.93. The van der Waals surface area contributed by atoms with Crippen molar-refractivity contribution < 1.29 is 13.9 Å². The van der Waals surface area contributed by atoms with E-state index < -0.39 is 11.9 Å². The Morgan fingerprint density at radius 1 is 1.14 bits per heavy atom. The predicted molar refractivity (Wildman–Crippen MR) is 77.9 cm³/mol. The van der Waals surface area contributed by atoms with Crippen LogP contribution in [-0.4, -0.2) is 14.2 Å². The van der Waals surface area contributed by atoms with Gasteiger partial charge in [0.25, 0.3) is 0 Å². The standard InChI is InChI=1S/C16H15FN2O2/c1-20-13-5-3-4-12(9-13)19-15(10-18)11-6-7-16(21-2)14(17)8-11/h3-9,15,19H,1-2H3. The molecule has 0 saturated carbocycles. The molecule has 2 rings (SSSR count). The van der Waals surface area contributed by atoms with Crippen LogP contribution in [0.25, 0.3) is 0 Å². The number of methoxy groups -OCH3 is 2. The van der Waals surface area contributed by atoms with Crippen LogP contribution in [0.1, 0.15) is 11.6 Å². The van der Waals surface area contributed by atoms with Gasteiger partial charge in [-0.15, -0.1) is 0 Å². The van der Waals surface area contributed by atoms with Gasteiger partial charge in [0.2, 0.25) is 0 Å². The molecule has 0 aliphatic carbocycles. The lowest BCUT2D eigenvalue weighted by molar-refractivity contribution is 0.386. The highest BCUT2D eigenvalue weighted by molar-refractivity contribution is 5.51. The highest BCUT2D eigenvalue weighted by atomic mass is 19.1. The number of nitrogens with zero attached hydrogens (tertiary/aromatic N) is 1. The predicted octanol–water partition coefficient (Wildman–Crippen LogP) is 3.52. The topological polar surface area (TPSA) is 54.3 Å². The maximum absolute atomic E-state index is 13.7. The van der Waals surface area contributed by atoms with Crippen LogP contribution in [0.15, 0.2) is 42.5 Å². The Bertz CT molecular complexity index is 668. The summed E-state index contributed by atoms with van der Waals surface area (Å²) >= 11 is 0. The van der Waals surface area contributed by atoms with Gasteiger partial charge in [0, 0.05) is 11.8 Å². The van der Waals surface area contributed by atoms with E-state index in [4.69, 9.17) is 9.47 Å². The van der Waals surface area contributed by atoms with E-state index in [2.05, 4.69) is 11.4 Å². The van der Waals surface area contributed by atoms with Crippen LogP contribution in [0, 0.1) is 17.1 Å². The molecule has 21 heavy (non-hydrogen) atoms. The molecule has 0 heterocycles. The summed E-state index contributed by atoms with van der Waals surface area (Å²) in [4.78, 5) is 0. The Labute approximate surface area is 122 Å². The quantitative estimate of drug-likeness (QED) is 0.913. The Kier molecular flexibility index (Phi) is 4.62. The molecule has 4 nitrogen and oxygen atoms in total. The van der Waals surface area contributed by atoms with Gasteiger partial charge in [-0.05, 0) is 29.8 Å². The number of nitrogens with one attached hydrogen (secondary N) is 1. The highest BCUT2D eigenvalue weighted by Gasteiger charge is 2.13. The summed E-state index contributed by atoms with van der Waals surface area (Å²) in [6.45, 7) is 0. The summed E-state index contributed by atoms with van der Waals surface area (Å²) in [5, 5.41) is 12.3. The van der Waals surface area contributed by atoms with E-state index >= 15 is 0 Å². The number of halogens is 1. The second kappa shape index (κ2) is 6.62. The van der Waals surface area contributed by atoms with Crippen molar-refractivity contribution in [3.8, 4) is 17.6 Å². The van der Waals surface area contributed by atoms with E-state index in [1.165, 1.54) is 19.2 Å². The number of hydrogen-bond acceptors (Lipinski definition) is 4. The van der Waals surface area contributed by atoms with Gasteiger partial charge in [0.15, 0.2) is 11.6 Å². The van der Waals surface area contributed by atoms with Gasteiger partial charge in [-0.3, -0.25) is 0 Å². The third-order valence-corrected chi connectivity index (χ3v) is 3.02. The minimum absolute atomic E-state index is 0.150. The van der Waals surface area contributed by atoms with Crippen molar-refractivity contribution in [2.24, 2.45) is 0 Å². The van der Waals surface area contributed by atoms with Crippen LogP contribution in [0.5, 0.6) is 11.5 Å². The number of anilines is 1. The molecule has 0 aliphatic heterocycles. The molecule has 0 bridgehead atoms. The fourth-order valence-electron chi connectivity index (χ4n) is 1.93. The third kappa shape index (κ3) is 3.42. The van der Waals surface area contributed by atoms with Crippen molar-refractivity contribution in [3.05, 3.63) is 53.8 Å². The second-order valence-electron chi connectivity index (χ2n) is 4.33. The Balaban J connectivity index is 2.23. The summed E-state index contributed by atoms with van der Waals surface area (Å²) in [5.74, 6) is 0.331. The van der Waals surface area contributed by atoms with Crippen molar-refractivity contribution in [2.45, 2.75) is 6.04 Å². The van der Waals surface area contributed by atoms with E-state index in [0.717, 1.165) is 5.69 Å². The minimum atomic E-state index is -0.669. The van der Waals surface area contributed by atoms with Crippen molar-refractivity contribution in [1.29, 1.82) is 5.26 Å². The average molecular weight is 286 g/mol. The third-order valence-electron chi connectivity index (χ3n) is 3.02. The monoisotopic (exact) mass is 286 g/mol. The lowest BCUT2D eigenvalue weighted by atomic mass is 10.1. The smallest absolute Gasteiger partial charge is 0.165 e. The van der Waals surface area contributed by atoms with Crippen LogP contribution in [-0.2, 0) is 0 Å². The van der Waals surface area contributed by atoms with Gasteiger partial charge in [0.1, 0.15) is 11.8 Å². The number of benzene rings is 2. The number of rotatable bonds is 5. The molecule has 2 aromatic rings. The largest absolute Gasteiger partial charge is 0.497 e. The molecule has 0 radical (unpaired) electrons. The van der Waals surface area contributed by atoms with Crippen molar-refractivity contribution in [3.63, 3.8) is 0 Å². The Morgan fingerprint density at radius 2 is 1.95 bits per heavy atom. The Morgan fingerprint density at radius 3 is 2.57 bits per heavy atom. The molecular formula is C16H15FN2O2. The normalized spacial score (nSPS) is 11.3. The van der Waals surface area contributed by atoms with Crippen molar-refractivity contribution in [1.82, 2.24) is 0 Å². The summed E-state index contributed by atoms with van der Waals surface area (Å²) in [6.07, 6.45) is 0. The van der Waals surface area contributed by atoms with E-state index in [9.17, 15) is 9.65 Å². The maximum atomic E-state index is 13.7. The van der Waals surface area contributed by atoms with Crippen LogP contribution in [0.4, 0.5) is 10.1 Å². The molecule has 5 heteroatoms. The first-order valence-electron chi connectivity index (χ1n) is 6.31. The van der Waals surface area contributed by atoms with E-state index in [1.54, 1.807) is 25.3 Å². The molecule has 1 atom stereocenters. The van der Waals surface area contributed by atoms with E-state index in [1.807, 2.05) is 12.1 Å². The molecule has 0 fully saturated rings. The first kappa shape index (κ1) is 14.7. The number of nitriles is 1. The summed E-state index contributed by atoms with van der Waals surface area (Å²) in [5.41, 5.74) is 1.25. The number of hydrogen-bond donors (Lipinski definition) is 1. The summed E-state index contributed by atoms with van der Waals surface area (Å²) < 4.78 is 23.7. The Hall–Kier alpha value is -2.74. The van der Waals surface area contributed by atoms with Crippen LogP contribution in [0.2, 0.25) is 0 Å². The van der Waals surface area contributed by atoms with Gasteiger partial charge < -0.3 is 14.8 Å². The SMILES string of the molecule is COc1cccc(NC(C#N)c2ccc(OC)c(F)c2)c1. The average Bonchev–Trinajstić information content (AvgIpc) is 2.52. The van der Waals surface area contributed by atoms with Crippen LogP contribution in [0.3, 0.4) is 0 Å².